The minimum absolute atomic E-state index is 0.0169. The highest BCUT2D eigenvalue weighted by atomic mass is 32.1. The summed E-state index contributed by atoms with van der Waals surface area (Å²) in [6, 6.07) is 8.35. The Labute approximate surface area is 196 Å². The molecular formula is C17H15N3O10S3. The van der Waals surface area contributed by atoms with Crippen molar-refractivity contribution in [3.8, 4) is 0 Å². The molecule has 0 aliphatic heterocycles. The minimum atomic E-state index is -1.14. The number of anilines is 1. The van der Waals surface area contributed by atoms with Gasteiger partial charge in [-0.1, -0.05) is 22.7 Å². The molecule has 16 heteroatoms. The Hall–Kier alpha value is -3.89. The summed E-state index contributed by atoms with van der Waals surface area (Å²) in [5, 5.41) is 29.0. The fourth-order valence-corrected chi connectivity index (χ4v) is 3.83. The third-order valence-corrected chi connectivity index (χ3v) is 6.09. The van der Waals surface area contributed by atoms with Crippen LogP contribution in [0.2, 0.25) is 0 Å². The van der Waals surface area contributed by atoms with Crippen LogP contribution in [0, 0.1) is 20.2 Å². The number of thiophene rings is 3. The van der Waals surface area contributed by atoms with Crippen molar-refractivity contribution in [2.24, 2.45) is 0 Å². The second kappa shape index (κ2) is 12.8. The molecule has 3 heterocycles. The van der Waals surface area contributed by atoms with Crippen LogP contribution in [0.3, 0.4) is 0 Å². The van der Waals surface area contributed by atoms with Crippen molar-refractivity contribution in [1.29, 1.82) is 0 Å². The van der Waals surface area contributed by atoms with Crippen molar-refractivity contribution in [1.82, 2.24) is 0 Å². The quantitative estimate of drug-likeness (QED) is 0.282. The van der Waals surface area contributed by atoms with E-state index in [-0.39, 0.29) is 25.7 Å². The van der Waals surface area contributed by atoms with Crippen LogP contribution in [0.4, 0.5) is 15.0 Å². The molecule has 0 aromatic carbocycles. The molecule has 3 rings (SSSR count). The number of carbonyl (C=O) groups excluding carboxylic acids is 2. The van der Waals surface area contributed by atoms with E-state index in [1.807, 2.05) is 0 Å². The highest BCUT2D eigenvalue weighted by Crippen LogP contribution is 2.24. The van der Waals surface area contributed by atoms with Gasteiger partial charge in [0.25, 0.3) is 0 Å². The average molecular weight is 518 g/mol. The Balaban J connectivity index is 0.000000249. The van der Waals surface area contributed by atoms with E-state index in [2.05, 4.69) is 9.47 Å². The first-order valence-corrected chi connectivity index (χ1v) is 10.7. The number of carboxylic acid groups (broad SMARTS) is 1. The average Bonchev–Trinajstić information content (AvgIpc) is 3.53. The number of esters is 2. The maximum absolute atomic E-state index is 10.8. The lowest BCUT2D eigenvalue weighted by molar-refractivity contribution is -0.380. The molecule has 176 valence electrons. The molecule has 3 aromatic heterocycles. The topological polar surface area (TPSA) is 202 Å². The molecule has 33 heavy (non-hydrogen) atoms. The molecule has 0 unspecified atom stereocenters. The molecule has 0 spiro atoms. The lowest BCUT2D eigenvalue weighted by atomic mass is 10.5. The van der Waals surface area contributed by atoms with Crippen molar-refractivity contribution in [3.05, 3.63) is 71.3 Å². The largest absolute Gasteiger partial charge is 0.477 e. The SMILES string of the molecule is COC(=O)c1ccc(N)s1.COC(=O)c1ccc([N+](=O)[O-])s1.O=C(O)c1ccc([N+](=O)[O-])s1. The number of aromatic carboxylic acids is 1. The fourth-order valence-electron chi connectivity index (χ4n) is 1.74. The van der Waals surface area contributed by atoms with Crippen LogP contribution in [0.1, 0.15) is 29.0 Å². The molecule has 0 radical (unpaired) electrons. The van der Waals surface area contributed by atoms with E-state index in [1.165, 1.54) is 49.8 Å². The van der Waals surface area contributed by atoms with E-state index >= 15 is 0 Å². The van der Waals surface area contributed by atoms with Gasteiger partial charge in [0.1, 0.15) is 14.6 Å². The molecule has 0 saturated carbocycles. The number of nitro groups is 2. The third kappa shape index (κ3) is 8.63. The van der Waals surface area contributed by atoms with E-state index in [0.29, 0.717) is 21.2 Å². The van der Waals surface area contributed by atoms with Crippen LogP contribution in [0.25, 0.3) is 0 Å². The molecule has 0 aliphatic carbocycles. The number of carboxylic acids is 1. The Morgan fingerprint density at radius 2 is 1.18 bits per heavy atom. The molecule has 13 nitrogen and oxygen atoms in total. The predicted molar refractivity (Wildman–Crippen MR) is 120 cm³/mol. The van der Waals surface area contributed by atoms with Crippen LogP contribution < -0.4 is 5.73 Å². The van der Waals surface area contributed by atoms with Gasteiger partial charge in [-0.15, -0.1) is 11.3 Å². The highest BCUT2D eigenvalue weighted by Gasteiger charge is 2.15. The summed E-state index contributed by atoms with van der Waals surface area (Å²) in [4.78, 5) is 51.7. The van der Waals surface area contributed by atoms with Crippen LogP contribution in [0.5, 0.6) is 0 Å². The second-order valence-electron chi connectivity index (χ2n) is 5.28. The Kier molecular flexibility index (Phi) is 10.6. The number of hydrogen-bond acceptors (Lipinski definition) is 13. The number of nitrogens with zero attached hydrogens (tertiary/aromatic N) is 2. The van der Waals surface area contributed by atoms with Gasteiger partial charge in [-0.2, -0.15) is 0 Å². The molecule has 0 amide bonds. The summed E-state index contributed by atoms with van der Waals surface area (Å²) in [6.45, 7) is 0. The van der Waals surface area contributed by atoms with Gasteiger partial charge in [-0.3, -0.25) is 20.2 Å². The number of nitrogens with two attached hydrogens (primary N) is 1. The Bertz CT molecular complexity index is 1120. The van der Waals surface area contributed by atoms with Gasteiger partial charge in [0.15, 0.2) is 0 Å². The summed E-state index contributed by atoms with van der Waals surface area (Å²) in [5.41, 5.74) is 5.38. The first-order valence-electron chi connectivity index (χ1n) is 8.23. The maximum atomic E-state index is 10.8. The van der Waals surface area contributed by atoms with E-state index in [0.717, 1.165) is 11.3 Å². The fraction of sp³-hybridized carbons (Fsp3) is 0.118. The van der Waals surface area contributed by atoms with Gasteiger partial charge in [-0.25, -0.2) is 14.4 Å². The van der Waals surface area contributed by atoms with E-state index in [1.54, 1.807) is 12.1 Å². The second-order valence-corrected chi connectivity index (χ2v) is 8.52. The lowest BCUT2D eigenvalue weighted by Gasteiger charge is -1.90. The Morgan fingerprint density at radius 3 is 1.48 bits per heavy atom. The van der Waals surface area contributed by atoms with Crippen molar-refractivity contribution >= 4 is 66.9 Å². The zero-order chi connectivity index (χ0) is 25.1. The zero-order valence-corrected chi connectivity index (χ0v) is 19.2. The van der Waals surface area contributed by atoms with E-state index in [4.69, 9.17) is 10.8 Å². The first kappa shape index (κ1) is 27.1. The van der Waals surface area contributed by atoms with E-state index < -0.39 is 21.8 Å². The number of carbonyl (C=O) groups is 3. The summed E-state index contributed by atoms with van der Waals surface area (Å²) in [7, 11) is 2.58. The van der Waals surface area contributed by atoms with Crippen LogP contribution >= 0.6 is 34.0 Å². The van der Waals surface area contributed by atoms with Crippen LogP contribution in [-0.4, -0.2) is 47.1 Å². The van der Waals surface area contributed by atoms with E-state index in [9.17, 15) is 34.6 Å². The normalized spacial score (nSPS) is 9.39. The number of nitrogen functional groups attached to an aromatic ring is 1. The molecule has 3 aromatic rings. The molecule has 0 bridgehead atoms. The van der Waals surface area contributed by atoms with Gasteiger partial charge in [0.2, 0.25) is 0 Å². The third-order valence-electron chi connectivity index (χ3n) is 3.15. The lowest BCUT2D eigenvalue weighted by Crippen LogP contribution is -1.96. The summed E-state index contributed by atoms with van der Waals surface area (Å²) in [5.74, 6) is -2.02. The standard InChI is InChI=1S/C6H5NO4S.C6H7NO2S.C5H3NO4S/c1-11-6(8)4-2-3-5(12-4)7(9)10;1-9-6(8)4-2-3-5(7)10-4;7-5(8)3-1-2-4(11-3)6(9)10/h2-3H,1H3;2-3H,7H2,1H3;1-2H,(H,7,8). The number of methoxy groups -OCH3 is 2. The number of ether oxygens (including phenoxy) is 2. The predicted octanol–water partition coefficient (Wildman–Crippen LogP) is 3.91. The van der Waals surface area contributed by atoms with Crippen molar-refractivity contribution in [3.63, 3.8) is 0 Å². The molecular weight excluding hydrogens is 502 g/mol. The van der Waals surface area contributed by atoms with Crippen LogP contribution in [0.15, 0.2) is 36.4 Å². The molecule has 0 saturated heterocycles. The monoisotopic (exact) mass is 517 g/mol. The zero-order valence-electron chi connectivity index (χ0n) is 16.8. The molecule has 0 aliphatic rings. The Morgan fingerprint density at radius 1 is 0.788 bits per heavy atom. The molecule has 3 N–H and O–H groups in total. The summed E-state index contributed by atoms with van der Waals surface area (Å²) >= 11 is 2.67. The van der Waals surface area contributed by atoms with Crippen LogP contribution in [-0.2, 0) is 9.47 Å². The van der Waals surface area contributed by atoms with Crippen molar-refractivity contribution in [2.45, 2.75) is 0 Å². The smallest absolute Gasteiger partial charge is 0.348 e. The van der Waals surface area contributed by atoms with Gasteiger partial charge in [0, 0.05) is 12.1 Å². The highest BCUT2D eigenvalue weighted by molar-refractivity contribution is 7.18. The van der Waals surface area contributed by atoms with Gasteiger partial charge in [-0.05, 0) is 24.3 Å². The molecule has 0 fully saturated rings. The van der Waals surface area contributed by atoms with Crippen molar-refractivity contribution < 1.29 is 38.8 Å². The minimum Gasteiger partial charge on any atom is -0.477 e. The summed E-state index contributed by atoms with van der Waals surface area (Å²) < 4.78 is 8.84. The number of rotatable bonds is 5. The number of hydrogen-bond donors (Lipinski definition) is 2. The van der Waals surface area contributed by atoms with Gasteiger partial charge < -0.3 is 20.3 Å². The maximum Gasteiger partial charge on any atom is 0.348 e. The van der Waals surface area contributed by atoms with Crippen molar-refractivity contribution in [2.75, 3.05) is 20.0 Å². The van der Waals surface area contributed by atoms with Gasteiger partial charge >= 0.3 is 27.9 Å². The van der Waals surface area contributed by atoms with Gasteiger partial charge in [0.05, 0.1) is 29.1 Å². The molecule has 0 atom stereocenters. The first-order chi connectivity index (χ1) is 15.5. The summed E-state index contributed by atoms with van der Waals surface area (Å²) in [6.07, 6.45) is 0.